The predicted octanol–water partition coefficient (Wildman–Crippen LogP) is 12.9. The van der Waals surface area contributed by atoms with Crippen LogP contribution in [0.1, 0.15) is 128 Å². The fraction of sp³-hybridized carbons (Fsp3) is 0.415. The summed E-state index contributed by atoms with van der Waals surface area (Å²) in [6.07, 6.45) is 23.3. The summed E-state index contributed by atoms with van der Waals surface area (Å²) in [6, 6.07) is 26.3. The summed E-state index contributed by atoms with van der Waals surface area (Å²) < 4.78 is 41.1. The molecule has 7 rings (SSSR count). The Morgan fingerprint density at radius 2 is 1.04 bits per heavy atom. The molecule has 2 aliphatic carbocycles. The number of terminal acetylenes is 1. The standard InChI is InChI=1S/C65H73N3O13S/c1-4-40-68(65-67-57-20-14-15-21-59(57)82-65)66-45-50-44-56(80-63(73)48-24-22-46(23-25-48)61(71)78-54-36-32-53(33-37-54)76-42-17-11-12-18-43-77-60(70)6-3)38-39-58(50)81-64(74)49-28-26-47(27-29-49)62(72)79-55-34-30-52(31-35-55)75-41-16-10-8-7-9-13-19-51(69)5-2/h1,5-6,14-15,20-21,30-39,44-49H,2-3,7-13,16-19,22-29,40-43H2/b66-45+. The molecule has 0 unspecified atom stereocenters. The van der Waals surface area contributed by atoms with Gasteiger partial charge in [-0.1, -0.05) is 68.2 Å². The maximum absolute atomic E-state index is 13.8. The zero-order chi connectivity index (χ0) is 57.9. The van der Waals surface area contributed by atoms with Crippen molar-refractivity contribution in [3.8, 4) is 46.8 Å². The number of aromatic nitrogens is 1. The SMILES string of the molecule is C#CCN(/N=C/c1cc(OC(=O)C2CCC(C(=O)Oc3ccc(OCCCCCCOC(=O)C=C)cc3)CC2)ccc1OC(=O)C1CCC(C(=O)Oc2ccc(OCCCCCCCCC(=O)C=C)cc2)CC1)c1nc2ccccc2s1. The number of allylic oxidation sites excluding steroid dienone is 1. The number of carbonyl (C=O) groups excluding carboxylic acids is 6. The number of carbonyl (C=O) groups is 6. The lowest BCUT2D eigenvalue weighted by atomic mass is 9.82. The number of rotatable bonds is 32. The highest BCUT2D eigenvalue weighted by molar-refractivity contribution is 7.22. The number of thiazole rings is 1. The number of ketones is 1. The van der Waals surface area contributed by atoms with Crippen LogP contribution in [-0.2, 0) is 33.5 Å². The third kappa shape index (κ3) is 19.9. The number of hydrogen-bond donors (Lipinski definition) is 0. The number of fused-ring (bicyclic) bond motifs is 1. The van der Waals surface area contributed by atoms with Gasteiger partial charge in [0.1, 0.15) is 41.0 Å². The van der Waals surface area contributed by atoms with Gasteiger partial charge in [0.2, 0.25) is 5.13 Å². The average Bonchev–Trinajstić information content (AvgIpc) is 4.15. The summed E-state index contributed by atoms with van der Waals surface area (Å²) in [7, 11) is 0. The maximum atomic E-state index is 13.8. The van der Waals surface area contributed by atoms with Gasteiger partial charge in [0.05, 0.1) is 59.9 Å². The molecule has 2 aliphatic rings. The van der Waals surface area contributed by atoms with Crippen molar-refractivity contribution in [1.29, 1.82) is 0 Å². The topological polar surface area (TPSA) is 196 Å². The van der Waals surface area contributed by atoms with Gasteiger partial charge >= 0.3 is 29.8 Å². The van der Waals surface area contributed by atoms with Crippen LogP contribution in [0.5, 0.6) is 34.5 Å². The lowest BCUT2D eigenvalue weighted by Gasteiger charge is -2.26. The minimum Gasteiger partial charge on any atom is -0.494 e. The molecular weight excluding hydrogens is 1060 g/mol. The van der Waals surface area contributed by atoms with Gasteiger partial charge in [-0.15, -0.1) is 6.42 Å². The third-order valence-corrected chi connectivity index (χ3v) is 15.4. The van der Waals surface area contributed by atoms with Crippen LogP contribution >= 0.6 is 11.3 Å². The Morgan fingerprint density at radius 3 is 1.55 bits per heavy atom. The number of ether oxygens (including phenoxy) is 7. The molecule has 5 aromatic rings. The molecule has 4 aromatic carbocycles. The summed E-state index contributed by atoms with van der Waals surface area (Å²) >= 11 is 1.42. The van der Waals surface area contributed by atoms with Crippen LogP contribution in [0.2, 0.25) is 0 Å². The van der Waals surface area contributed by atoms with Crippen molar-refractivity contribution in [1.82, 2.24) is 4.98 Å². The molecule has 17 heteroatoms. The van der Waals surface area contributed by atoms with Gasteiger partial charge in [-0.3, -0.25) is 24.0 Å². The summed E-state index contributed by atoms with van der Waals surface area (Å²) in [5.41, 5.74) is 1.14. The molecule has 1 heterocycles. The van der Waals surface area contributed by atoms with Crippen molar-refractivity contribution in [2.45, 2.75) is 122 Å². The number of hydrazone groups is 1. The first-order chi connectivity index (χ1) is 40.0. The number of para-hydroxylation sites is 1. The largest absolute Gasteiger partial charge is 0.494 e. The van der Waals surface area contributed by atoms with E-state index in [1.165, 1.54) is 23.6 Å². The molecule has 82 heavy (non-hydrogen) atoms. The minimum atomic E-state index is -0.481. The van der Waals surface area contributed by atoms with Crippen LogP contribution in [0.4, 0.5) is 5.13 Å². The normalized spacial score (nSPS) is 16.7. The van der Waals surface area contributed by atoms with E-state index in [-0.39, 0.29) is 47.6 Å². The van der Waals surface area contributed by atoms with E-state index >= 15 is 0 Å². The molecule has 0 radical (unpaired) electrons. The average molecular weight is 1140 g/mol. The number of benzene rings is 4. The molecule has 2 fully saturated rings. The molecule has 0 N–H and O–H groups in total. The Morgan fingerprint density at radius 1 is 0.573 bits per heavy atom. The highest BCUT2D eigenvalue weighted by Gasteiger charge is 2.34. The monoisotopic (exact) mass is 1140 g/mol. The van der Waals surface area contributed by atoms with Gasteiger partial charge in [0.15, 0.2) is 5.78 Å². The molecule has 0 atom stereocenters. The van der Waals surface area contributed by atoms with Crippen LogP contribution in [0, 0.1) is 36.0 Å². The van der Waals surface area contributed by atoms with Gasteiger partial charge < -0.3 is 33.2 Å². The second-order valence-corrected chi connectivity index (χ2v) is 21.4. The fourth-order valence-electron chi connectivity index (χ4n) is 9.64. The Labute approximate surface area is 484 Å². The van der Waals surface area contributed by atoms with E-state index in [9.17, 15) is 28.8 Å². The number of hydrogen-bond acceptors (Lipinski definition) is 17. The fourth-order valence-corrected chi connectivity index (χ4v) is 10.6. The van der Waals surface area contributed by atoms with Crippen molar-refractivity contribution in [3.05, 3.63) is 122 Å². The minimum absolute atomic E-state index is 0.0933. The Bertz CT molecular complexity index is 2970. The highest BCUT2D eigenvalue weighted by atomic mass is 32.1. The van der Waals surface area contributed by atoms with Crippen molar-refractivity contribution in [2.75, 3.05) is 31.4 Å². The van der Waals surface area contributed by atoms with E-state index in [0.29, 0.717) is 111 Å². The van der Waals surface area contributed by atoms with Gasteiger partial charge in [0, 0.05) is 18.1 Å². The summed E-state index contributed by atoms with van der Waals surface area (Å²) in [6.45, 7) is 8.47. The van der Waals surface area contributed by atoms with E-state index < -0.39 is 29.7 Å². The quantitative estimate of drug-likeness (QED) is 0.00749. The first kappa shape index (κ1) is 61.5. The smallest absolute Gasteiger partial charge is 0.330 e. The van der Waals surface area contributed by atoms with Crippen LogP contribution < -0.4 is 33.4 Å². The van der Waals surface area contributed by atoms with E-state index in [4.69, 9.17) is 44.6 Å². The Hall–Kier alpha value is -8.10. The van der Waals surface area contributed by atoms with Gasteiger partial charge in [-0.2, -0.15) is 5.10 Å². The molecule has 16 nitrogen and oxygen atoms in total. The van der Waals surface area contributed by atoms with E-state index in [1.54, 1.807) is 71.7 Å². The van der Waals surface area contributed by atoms with E-state index in [2.05, 4.69) is 24.2 Å². The lowest BCUT2D eigenvalue weighted by molar-refractivity contribution is -0.145. The number of anilines is 1. The molecule has 0 spiro atoms. The van der Waals surface area contributed by atoms with Crippen molar-refractivity contribution >= 4 is 68.5 Å². The number of unbranched alkanes of at least 4 members (excludes halogenated alkanes) is 8. The molecule has 2 saturated carbocycles. The van der Waals surface area contributed by atoms with Gasteiger partial charge in [-0.25, -0.2) is 14.8 Å². The van der Waals surface area contributed by atoms with Gasteiger partial charge in [0.25, 0.3) is 0 Å². The predicted molar refractivity (Wildman–Crippen MR) is 314 cm³/mol. The van der Waals surface area contributed by atoms with Crippen molar-refractivity contribution in [2.24, 2.45) is 28.8 Å². The Balaban J connectivity index is 0.882. The number of nitrogens with zero attached hydrogens (tertiary/aromatic N) is 3. The zero-order valence-electron chi connectivity index (χ0n) is 46.5. The van der Waals surface area contributed by atoms with Gasteiger partial charge in [-0.05, 0) is 175 Å². The molecule has 0 saturated heterocycles. The van der Waals surface area contributed by atoms with Crippen molar-refractivity contribution < 1.29 is 61.9 Å². The summed E-state index contributed by atoms with van der Waals surface area (Å²) in [5.74, 6) is 1.54. The lowest BCUT2D eigenvalue weighted by Crippen LogP contribution is -2.30. The first-order valence-corrected chi connectivity index (χ1v) is 29.3. The molecule has 0 amide bonds. The number of esters is 5. The van der Waals surface area contributed by atoms with E-state index in [0.717, 1.165) is 80.5 Å². The second-order valence-electron chi connectivity index (χ2n) is 20.4. The van der Waals surface area contributed by atoms with Crippen LogP contribution in [0.3, 0.4) is 0 Å². The highest BCUT2D eigenvalue weighted by Crippen LogP contribution is 2.36. The first-order valence-electron chi connectivity index (χ1n) is 28.5. The molecule has 0 bridgehead atoms. The van der Waals surface area contributed by atoms with Crippen LogP contribution in [0.25, 0.3) is 10.2 Å². The maximum Gasteiger partial charge on any atom is 0.330 e. The summed E-state index contributed by atoms with van der Waals surface area (Å²) in [5, 5.41) is 6.81. The molecule has 432 valence electrons. The summed E-state index contributed by atoms with van der Waals surface area (Å²) in [4.78, 5) is 81.2. The van der Waals surface area contributed by atoms with E-state index in [1.807, 2.05) is 24.3 Å². The van der Waals surface area contributed by atoms with Crippen molar-refractivity contribution in [3.63, 3.8) is 0 Å². The zero-order valence-corrected chi connectivity index (χ0v) is 47.3. The molecule has 0 aliphatic heterocycles. The molecule has 1 aromatic heterocycles. The third-order valence-electron chi connectivity index (χ3n) is 14.4. The van der Waals surface area contributed by atoms with Crippen LogP contribution in [-0.4, -0.2) is 73.2 Å². The van der Waals surface area contributed by atoms with Crippen LogP contribution in [0.15, 0.2) is 121 Å². The Kier molecular flexibility index (Phi) is 24.7. The second kappa shape index (κ2) is 33.0. The molecular formula is C65H73N3O13S.